The topological polar surface area (TPSA) is 89.4 Å². The van der Waals surface area contributed by atoms with Crippen molar-refractivity contribution >= 4 is 0 Å². The lowest BCUT2D eigenvalue weighted by molar-refractivity contribution is 0.103. The molecule has 1 aromatic carbocycles. The van der Waals surface area contributed by atoms with Crippen molar-refractivity contribution in [2.24, 2.45) is 0 Å². The van der Waals surface area contributed by atoms with Crippen molar-refractivity contribution in [3.63, 3.8) is 0 Å². The Labute approximate surface area is 134 Å². The molecule has 0 atom stereocenters. The Morgan fingerprint density at radius 2 is 1.78 bits per heavy atom. The standard InChI is InChI=1S/C16H19N5O2/c17-11-13-1-3-14(4-2-13)16-19-18-15(23-16)12-21-7-5-20(6-8-21)9-10-22/h1-4,22H,5-10,12H2. The number of hydrogen-bond acceptors (Lipinski definition) is 7. The molecule has 2 aromatic rings. The number of nitriles is 1. The third-order valence-electron chi connectivity index (χ3n) is 3.97. The van der Waals surface area contributed by atoms with Crippen LogP contribution in [0.3, 0.4) is 0 Å². The van der Waals surface area contributed by atoms with Crippen molar-refractivity contribution in [3.8, 4) is 17.5 Å². The number of β-amino-alcohol motifs (C(OH)–C–C–N with tert-alkyl or cyclic N) is 1. The number of benzene rings is 1. The largest absolute Gasteiger partial charge is 0.419 e. The fraction of sp³-hybridized carbons (Fsp3) is 0.438. The van der Waals surface area contributed by atoms with Gasteiger partial charge in [0.2, 0.25) is 11.8 Å². The van der Waals surface area contributed by atoms with Crippen molar-refractivity contribution in [1.29, 1.82) is 5.26 Å². The van der Waals surface area contributed by atoms with E-state index in [-0.39, 0.29) is 6.61 Å². The summed E-state index contributed by atoms with van der Waals surface area (Å²) in [4.78, 5) is 4.51. The highest BCUT2D eigenvalue weighted by Crippen LogP contribution is 2.19. The van der Waals surface area contributed by atoms with Crippen LogP contribution in [0.4, 0.5) is 0 Å². The minimum absolute atomic E-state index is 0.206. The van der Waals surface area contributed by atoms with Crippen LogP contribution in [0, 0.1) is 11.3 Å². The van der Waals surface area contributed by atoms with E-state index in [2.05, 4.69) is 26.1 Å². The van der Waals surface area contributed by atoms with E-state index in [4.69, 9.17) is 14.8 Å². The van der Waals surface area contributed by atoms with E-state index in [1.807, 2.05) is 12.1 Å². The van der Waals surface area contributed by atoms with Crippen LogP contribution >= 0.6 is 0 Å². The second kappa shape index (κ2) is 7.33. The smallest absolute Gasteiger partial charge is 0.247 e. The van der Waals surface area contributed by atoms with Crippen LogP contribution in [-0.4, -0.2) is 64.4 Å². The summed E-state index contributed by atoms with van der Waals surface area (Å²) in [6.45, 7) is 5.31. The molecule has 1 aliphatic heterocycles. The third kappa shape index (κ3) is 3.93. The van der Waals surface area contributed by atoms with Crippen LogP contribution in [-0.2, 0) is 6.54 Å². The lowest BCUT2D eigenvalue weighted by Gasteiger charge is -2.33. The molecular formula is C16H19N5O2. The Morgan fingerprint density at radius 1 is 1.09 bits per heavy atom. The number of nitrogens with zero attached hydrogens (tertiary/aromatic N) is 5. The maximum absolute atomic E-state index is 8.96. The highest BCUT2D eigenvalue weighted by Gasteiger charge is 2.18. The molecule has 1 aromatic heterocycles. The zero-order chi connectivity index (χ0) is 16.1. The molecule has 3 rings (SSSR count). The van der Waals surface area contributed by atoms with Crippen LogP contribution in [0.25, 0.3) is 11.5 Å². The molecular weight excluding hydrogens is 294 g/mol. The van der Waals surface area contributed by atoms with Crippen LogP contribution in [0.2, 0.25) is 0 Å². The summed E-state index contributed by atoms with van der Waals surface area (Å²) in [5.74, 6) is 1.07. The van der Waals surface area contributed by atoms with E-state index < -0.39 is 0 Å². The first-order valence-corrected chi connectivity index (χ1v) is 7.67. The lowest BCUT2D eigenvalue weighted by atomic mass is 10.1. The first-order chi connectivity index (χ1) is 11.3. The predicted molar refractivity (Wildman–Crippen MR) is 83.3 cm³/mol. The average molecular weight is 313 g/mol. The van der Waals surface area contributed by atoms with Gasteiger partial charge in [-0.2, -0.15) is 5.26 Å². The normalized spacial score (nSPS) is 16.3. The van der Waals surface area contributed by atoms with Crippen LogP contribution in [0.1, 0.15) is 11.5 Å². The van der Waals surface area contributed by atoms with Gasteiger partial charge in [-0.05, 0) is 24.3 Å². The molecule has 7 nitrogen and oxygen atoms in total. The molecule has 0 spiro atoms. The molecule has 0 saturated carbocycles. The average Bonchev–Trinajstić information content (AvgIpc) is 3.05. The van der Waals surface area contributed by atoms with Gasteiger partial charge in [0.15, 0.2) is 0 Å². The number of aliphatic hydroxyl groups excluding tert-OH is 1. The molecule has 1 saturated heterocycles. The van der Waals surface area contributed by atoms with E-state index >= 15 is 0 Å². The van der Waals surface area contributed by atoms with Gasteiger partial charge in [0.1, 0.15) is 0 Å². The van der Waals surface area contributed by atoms with E-state index in [0.717, 1.165) is 38.3 Å². The number of rotatable bonds is 5. The lowest BCUT2D eigenvalue weighted by Crippen LogP contribution is -2.46. The molecule has 7 heteroatoms. The Kier molecular flexibility index (Phi) is 4.98. The van der Waals surface area contributed by atoms with Crippen LogP contribution < -0.4 is 0 Å². The third-order valence-corrected chi connectivity index (χ3v) is 3.97. The van der Waals surface area contributed by atoms with E-state index in [1.54, 1.807) is 12.1 Å². The molecule has 1 aliphatic rings. The molecule has 0 bridgehead atoms. The Morgan fingerprint density at radius 3 is 2.43 bits per heavy atom. The summed E-state index contributed by atoms with van der Waals surface area (Å²) in [6.07, 6.45) is 0. The van der Waals surface area contributed by atoms with Gasteiger partial charge >= 0.3 is 0 Å². The first kappa shape index (κ1) is 15.6. The van der Waals surface area contributed by atoms with Crippen LogP contribution in [0.5, 0.6) is 0 Å². The SMILES string of the molecule is N#Cc1ccc(-c2nnc(CN3CCN(CCO)CC3)o2)cc1. The monoisotopic (exact) mass is 313 g/mol. The second-order valence-electron chi connectivity index (χ2n) is 5.53. The van der Waals surface area contributed by atoms with Gasteiger partial charge in [-0.15, -0.1) is 10.2 Å². The van der Waals surface area contributed by atoms with Gasteiger partial charge in [0.25, 0.3) is 0 Å². The maximum atomic E-state index is 8.96. The zero-order valence-corrected chi connectivity index (χ0v) is 12.9. The van der Waals surface area contributed by atoms with Crippen molar-refractivity contribution < 1.29 is 9.52 Å². The summed E-state index contributed by atoms with van der Waals surface area (Å²) in [5, 5.41) is 26.0. The summed E-state index contributed by atoms with van der Waals surface area (Å²) in [6, 6.07) is 9.17. The van der Waals surface area contributed by atoms with E-state index in [0.29, 0.717) is 23.9 Å². The molecule has 2 heterocycles. The minimum atomic E-state index is 0.206. The Bertz CT molecular complexity index is 669. The van der Waals surface area contributed by atoms with Gasteiger partial charge in [-0.3, -0.25) is 9.80 Å². The second-order valence-corrected chi connectivity index (χ2v) is 5.53. The predicted octanol–water partition coefficient (Wildman–Crippen LogP) is 0.718. The number of hydrogen-bond donors (Lipinski definition) is 1. The maximum Gasteiger partial charge on any atom is 0.247 e. The summed E-state index contributed by atoms with van der Waals surface area (Å²) >= 11 is 0. The molecule has 120 valence electrons. The first-order valence-electron chi connectivity index (χ1n) is 7.67. The summed E-state index contributed by atoms with van der Waals surface area (Å²) < 4.78 is 5.72. The highest BCUT2D eigenvalue weighted by atomic mass is 16.4. The van der Waals surface area contributed by atoms with E-state index in [9.17, 15) is 0 Å². The van der Waals surface area contributed by atoms with Gasteiger partial charge in [-0.25, -0.2) is 0 Å². The number of piperazine rings is 1. The Hall–Kier alpha value is -2.27. The van der Waals surface area contributed by atoms with E-state index in [1.165, 1.54) is 0 Å². The van der Waals surface area contributed by atoms with Crippen molar-refractivity contribution in [2.75, 3.05) is 39.3 Å². The fourth-order valence-corrected chi connectivity index (χ4v) is 2.63. The minimum Gasteiger partial charge on any atom is -0.419 e. The number of aliphatic hydroxyl groups is 1. The highest BCUT2D eigenvalue weighted by molar-refractivity contribution is 5.54. The fourth-order valence-electron chi connectivity index (χ4n) is 2.63. The van der Waals surface area contributed by atoms with Gasteiger partial charge < -0.3 is 9.52 Å². The Balaban J connectivity index is 1.58. The molecule has 0 amide bonds. The van der Waals surface area contributed by atoms with Gasteiger partial charge in [0.05, 0.1) is 24.8 Å². The van der Waals surface area contributed by atoms with Crippen LogP contribution in [0.15, 0.2) is 28.7 Å². The molecule has 1 fully saturated rings. The van der Waals surface area contributed by atoms with Crippen molar-refractivity contribution in [2.45, 2.75) is 6.54 Å². The summed E-state index contributed by atoms with van der Waals surface area (Å²) in [7, 11) is 0. The molecule has 0 unspecified atom stereocenters. The van der Waals surface area contributed by atoms with Gasteiger partial charge in [0, 0.05) is 38.3 Å². The van der Waals surface area contributed by atoms with Crippen molar-refractivity contribution in [3.05, 3.63) is 35.7 Å². The summed E-state index contributed by atoms with van der Waals surface area (Å²) in [5.41, 5.74) is 1.42. The quantitative estimate of drug-likeness (QED) is 0.870. The zero-order valence-electron chi connectivity index (χ0n) is 12.9. The van der Waals surface area contributed by atoms with Crippen molar-refractivity contribution in [1.82, 2.24) is 20.0 Å². The molecule has 23 heavy (non-hydrogen) atoms. The molecule has 0 aliphatic carbocycles. The molecule has 1 N–H and O–H groups in total. The van der Waals surface area contributed by atoms with Gasteiger partial charge in [-0.1, -0.05) is 0 Å². The molecule has 0 radical (unpaired) electrons. The number of aromatic nitrogens is 2.